The summed E-state index contributed by atoms with van der Waals surface area (Å²) in [5.41, 5.74) is 0.786. The molecule has 1 atom stereocenters. The van der Waals surface area contributed by atoms with E-state index in [9.17, 15) is 4.79 Å². The van der Waals surface area contributed by atoms with E-state index >= 15 is 0 Å². The molecule has 0 saturated carbocycles. The van der Waals surface area contributed by atoms with Gasteiger partial charge in [0.25, 0.3) is 0 Å². The average molecular weight is 223 g/mol. The van der Waals surface area contributed by atoms with Gasteiger partial charge in [-0.05, 0) is 21.0 Å². The summed E-state index contributed by atoms with van der Waals surface area (Å²) in [5, 5.41) is 0.157. The lowest BCUT2D eigenvalue weighted by molar-refractivity contribution is 0.108. The van der Waals surface area contributed by atoms with Crippen LogP contribution in [0.4, 0.5) is 0 Å². The molecule has 0 N–H and O–H groups in total. The molecule has 0 aliphatic heterocycles. The maximum atomic E-state index is 11.7. The summed E-state index contributed by atoms with van der Waals surface area (Å²) in [5.74, 6) is 0.834. The van der Waals surface area contributed by atoms with Crippen LogP contribution in [0.1, 0.15) is 17.3 Å². The van der Waals surface area contributed by atoms with Crippen LogP contribution in [0.3, 0.4) is 0 Å². The molecule has 0 heterocycles. The highest BCUT2D eigenvalue weighted by Crippen LogP contribution is 2.14. The van der Waals surface area contributed by atoms with Crippen molar-refractivity contribution >= 4 is 16.9 Å². The fourth-order valence-electron chi connectivity index (χ4n) is 1.00. The molecular weight excluding hydrogens is 206 g/mol. The Morgan fingerprint density at radius 3 is 2.47 bits per heavy atom. The van der Waals surface area contributed by atoms with Crippen LogP contribution in [-0.2, 0) is 0 Å². The molecule has 1 rings (SSSR count). The minimum atomic E-state index is 0.157. The number of hydrogen-bond donors (Lipinski definition) is 0. The molecule has 2 nitrogen and oxygen atoms in total. The van der Waals surface area contributed by atoms with Crippen molar-refractivity contribution in [1.29, 1.82) is 0 Å². The van der Waals surface area contributed by atoms with Gasteiger partial charge in [-0.3, -0.25) is 4.79 Å². The fraction of sp³-hybridized carbons (Fsp3) is 0.417. The number of hydrogen-bond acceptors (Lipinski definition) is 3. The number of rotatable bonds is 4. The third-order valence-corrected chi connectivity index (χ3v) is 3.49. The Bertz CT molecular complexity index is 311. The molecular formula is C12H17NOS. The maximum Gasteiger partial charge on any atom is 0.219 e. The lowest BCUT2D eigenvalue weighted by Crippen LogP contribution is -2.27. The van der Waals surface area contributed by atoms with Crippen LogP contribution in [0.5, 0.6) is 0 Å². The Balaban J connectivity index is 2.44. The predicted molar refractivity (Wildman–Crippen MR) is 66.4 cm³/mol. The minimum absolute atomic E-state index is 0.157. The fourth-order valence-corrected chi connectivity index (χ4v) is 2.00. The second-order valence-corrected chi connectivity index (χ2v) is 4.77. The second kappa shape index (κ2) is 5.93. The summed E-state index contributed by atoms with van der Waals surface area (Å²) in [6.07, 6.45) is 0. The topological polar surface area (TPSA) is 20.3 Å². The maximum absolute atomic E-state index is 11.7. The van der Waals surface area contributed by atoms with E-state index in [2.05, 4.69) is 11.8 Å². The Morgan fingerprint density at radius 2 is 1.93 bits per heavy atom. The van der Waals surface area contributed by atoms with Gasteiger partial charge in [-0.15, -0.1) is 0 Å². The van der Waals surface area contributed by atoms with Crippen LogP contribution in [-0.4, -0.2) is 35.9 Å². The molecule has 0 aromatic heterocycles. The highest BCUT2D eigenvalue weighted by molar-refractivity contribution is 8.14. The Hall–Kier alpha value is -0.800. The highest BCUT2D eigenvalue weighted by Gasteiger charge is 2.10. The molecule has 0 spiro atoms. The molecule has 1 unspecified atom stereocenters. The predicted octanol–water partition coefficient (Wildman–Crippen LogP) is 2.51. The van der Waals surface area contributed by atoms with Gasteiger partial charge >= 0.3 is 0 Å². The van der Waals surface area contributed by atoms with Gasteiger partial charge in [0.1, 0.15) is 0 Å². The molecule has 1 aromatic carbocycles. The summed E-state index contributed by atoms with van der Waals surface area (Å²) < 4.78 is 0. The first kappa shape index (κ1) is 12.3. The molecule has 3 heteroatoms. The monoisotopic (exact) mass is 223 g/mol. The third kappa shape index (κ3) is 4.06. The van der Waals surface area contributed by atoms with Crippen LogP contribution in [0, 0.1) is 0 Å². The number of benzene rings is 1. The molecule has 0 aliphatic rings. The van der Waals surface area contributed by atoms with E-state index in [0.29, 0.717) is 6.04 Å². The summed E-state index contributed by atoms with van der Waals surface area (Å²) in [6, 6.07) is 9.84. The van der Waals surface area contributed by atoms with Crippen molar-refractivity contribution in [2.75, 3.05) is 19.8 Å². The van der Waals surface area contributed by atoms with E-state index < -0.39 is 0 Å². The van der Waals surface area contributed by atoms with Crippen LogP contribution in [0.25, 0.3) is 0 Å². The van der Waals surface area contributed by atoms with Gasteiger partial charge in [0.15, 0.2) is 0 Å². The molecule has 82 valence electrons. The van der Waals surface area contributed by atoms with E-state index in [0.717, 1.165) is 11.3 Å². The van der Waals surface area contributed by atoms with Crippen molar-refractivity contribution in [3.63, 3.8) is 0 Å². The summed E-state index contributed by atoms with van der Waals surface area (Å²) in [4.78, 5) is 13.8. The van der Waals surface area contributed by atoms with Crippen molar-refractivity contribution in [1.82, 2.24) is 4.90 Å². The largest absolute Gasteiger partial charge is 0.306 e. The molecule has 0 aliphatic carbocycles. The average Bonchev–Trinajstić information content (AvgIpc) is 2.26. The van der Waals surface area contributed by atoms with Crippen molar-refractivity contribution in [2.45, 2.75) is 13.0 Å². The highest BCUT2D eigenvalue weighted by atomic mass is 32.2. The van der Waals surface area contributed by atoms with Crippen molar-refractivity contribution < 1.29 is 4.79 Å². The van der Waals surface area contributed by atoms with Gasteiger partial charge in [-0.2, -0.15) is 0 Å². The van der Waals surface area contributed by atoms with Gasteiger partial charge in [-0.25, -0.2) is 0 Å². The first-order valence-corrected chi connectivity index (χ1v) is 5.98. The van der Waals surface area contributed by atoms with Crippen molar-refractivity contribution in [3.8, 4) is 0 Å². The Kier molecular flexibility index (Phi) is 4.85. The lowest BCUT2D eigenvalue weighted by Gasteiger charge is -2.18. The quantitative estimate of drug-likeness (QED) is 0.782. The number of carbonyl (C=O) groups is 1. The Morgan fingerprint density at radius 1 is 1.33 bits per heavy atom. The lowest BCUT2D eigenvalue weighted by atomic mass is 10.2. The summed E-state index contributed by atoms with van der Waals surface area (Å²) in [7, 11) is 4.05. The van der Waals surface area contributed by atoms with E-state index in [1.165, 1.54) is 11.8 Å². The molecule has 0 fully saturated rings. The van der Waals surface area contributed by atoms with E-state index in [1.807, 2.05) is 44.4 Å². The molecule has 0 radical (unpaired) electrons. The molecule has 15 heavy (non-hydrogen) atoms. The smallest absolute Gasteiger partial charge is 0.219 e. The first-order chi connectivity index (χ1) is 7.11. The van der Waals surface area contributed by atoms with Crippen molar-refractivity contribution in [3.05, 3.63) is 35.9 Å². The second-order valence-electron chi connectivity index (χ2n) is 3.78. The van der Waals surface area contributed by atoms with E-state index in [-0.39, 0.29) is 5.12 Å². The van der Waals surface area contributed by atoms with Gasteiger partial charge < -0.3 is 4.90 Å². The molecule has 0 bridgehead atoms. The van der Waals surface area contributed by atoms with Crippen LogP contribution in [0.2, 0.25) is 0 Å². The van der Waals surface area contributed by atoms with Gasteiger partial charge in [0.2, 0.25) is 5.12 Å². The zero-order valence-electron chi connectivity index (χ0n) is 9.43. The van der Waals surface area contributed by atoms with Crippen LogP contribution < -0.4 is 0 Å². The van der Waals surface area contributed by atoms with Crippen LogP contribution >= 0.6 is 11.8 Å². The molecule has 0 amide bonds. The zero-order chi connectivity index (χ0) is 11.3. The van der Waals surface area contributed by atoms with Gasteiger partial charge in [0.05, 0.1) is 0 Å². The molecule has 1 aromatic rings. The normalized spacial score (nSPS) is 12.8. The Labute approximate surface area is 95.7 Å². The standard InChI is InChI=1S/C12H17NOS/c1-10(13(2)3)9-15-12(14)11-7-5-4-6-8-11/h4-8,10H,9H2,1-3H3. The van der Waals surface area contributed by atoms with Gasteiger partial charge in [-0.1, -0.05) is 42.1 Å². The number of nitrogens with zero attached hydrogens (tertiary/aromatic N) is 1. The van der Waals surface area contributed by atoms with E-state index in [4.69, 9.17) is 0 Å². The van der Waals surface area contributed by atoms with Crippen LogP contribution in [0.15, 0.2) is 30.3 Å². The SMILES string of the molecule is CC(CSC(=O)c1ccccc1)N(C)C. The van der Waals surface area contributed by atoms with E-state index in [1.54, 1.807) is 0 Å². The third-order valence-electron chi connectivity index (χ3n) is 2.35. The number of thioether (sulfide) groups is 1. The van der Waals surface area contributed by atoms with Crippen molar-refractivity contribution in [2.24, 2.45) is 0 Å². The summed E-state index contributed by atoms with van der Waals surface area (Å²) >= 11 is 1.39. The minimum Gasteiger partial charge on any atom is -0.306 e. The number of carbonyl (C=O) groups excluding carboxylic acids is 1. The summed E-state index contributed by atoms with van der Waals surface area (Å²) in [6.45, 7) is 2.12. The zero-order valence-corrected chi connectivity index (χ0v) is 10.3. The first-order valence-electron chi connectivity index (χ1n) is 5.00. The molecule has 0 saturated heterocycles. The van der Waals surface area contributed by atoms with Gasteiger partial charge in [0, 0.05) is 17.4 Å².